The van der Waals surface area contributed by atoms with Crippen LogP contribution in [0.25, 0.3) is 0 Å². The van der Waals surface area contributed by atoms with Gasteiger partial charge >= 0.3 is 0 Å². The molecule has 1 aliphatic heterocycles. The number of piperidine rings is 1. The lowest BCUT2D eigenvalue weighted by Crippen LogP contribution is -2.35. The Balaban J connectivity index is 2.05. The molecule has 0 spiro atoms. The maximum absolute atomic E-state index is 9.46. The van der Waals surface area contributed by atoms with E-state index in [0.29, 0.717) is 0 Å². The second-order valence-electron chi connectivity index (χ2n) is 4.59. The van der Waals surface area contributed by atoms with Gasteiger partial charge in [-0.25, -0.2) is 4.98 Å². The molecule has 0 bridgehead atoms. The number of nitrogens with zero attached hydrogens (tertiary/aromatic N) is 2. The van der Waals surface area contributed by atoms with E-state index >= 15 is 0 Å². The van der Waals surface area contributed by atoms with Gasteiger partial charge in [0.1, 0.15) is 0 Å². The molecule has 1 saturated heterocycles. The minimum atomic E-state index is -0.447. The zero-order valence-corrected chi connectivity index (χ0v) is 10.8. The van der Waals surface area contributed by atoms with Gasteiger partial charge in [0.25, 0.3) is 0 Å². The van der Waals surface area contributed by atoms with Crippen LogP contribution in [0.4, 0.5) is 5.13 Å². The molecule has 1 aromatic heterocycles. The van der Waals surface area contributed by atoms with E-state index in [9.17, 15) is 5.11 Å². The van der Waals surface area contributed by atoms with Gasteiger partial charge in [-0.15, -0.1) is 11.3 Å². The topological polar surface area (TPSA) is 36.4 Å². The predicted molar refractivity (Wildman–Crippen MR) is 68.0 cm³/mol. The van der Waals surface area contributed by atoms with Gasteiger partial charge in [-0.3, -0.25) is 0 Å². The highest BCUT2D eigenvalue weighted by Gasteiger charge is 2.21. The Kier molecular flexibility index (Phi) is 3.82. The van der Waals surface area contributed by atoms with Crippen molar-refractivity contribution in [2.75, 3.05) is 18.0 Å². The summed E-state index contributed by atoms with van der Waals surface area (Å²) < 4.78 is 0. The zero-order valence-electron chi connectivity index (χ0n) is 10.0. The highest BCUT2D eigenvalue weighted by Crippen LogP contribution is 2.28. The summed E-state index contributed by atoms with van der Waals surface area (Å²) in [5, 5.41) is 12.5. The highest BCUT2D eigenvalue weighted by molar-refractivity contribution is 7.13. The molecule has 4 heteroatoms. The van der Waals surface area contributed by atoms with Crippen molar-refractivity contribution >= 4 is 16.5 Å². The number of hydrogen-bond acceptors (Lipinski definition) is 4. The van der Waals surface area contributed by atoms with E-state index in [4.69, 9.17) is 0 Å². The average molecular weight is 240 g/mol. The van der Waals surface area contributed by atoms with Crippen molar-refractivity contribution in [1.29, 1.82) is 0 Å². The third-order valence-electron chi connectivity index (χ3n) is 3.30. The minimum absolute atomic E-state index is 0.447. The van der Waals surface area contributed by atoms with Crippen LogP contribution in [0, 0.1) is 5.92 Å². The van der Waals surface area contributed by atoms with Crippen molar-refractivity contribution in [1.82, 2.24) is 4.98 Å². The third kappa shape index (κ3) is 2.55. The number of thiazole rings is 1. The number of aliphatic hydroxyl groups is 1. The number of aromatic nitrogens is 1. The lowest BCUT2D eigenvalue weighted by atomic mass is 9.96. The lowest BCUT2D eigenvalue weighted by molar-refractivity contribution is 0.195. The van der Waals surface area contributed by atoms with Gasteiger partial charge in [0.15, 0.2) is 5.13 Å². The number of anilines is 1. The Morgan fingerprint density at radius 2 is 2.50 bits per heavy atom. The maximum Gasteiger partial charge on any atom is 0.185 e. The molecule has 1 N–H and O–H groups in total. The van der Waals surface area contributed by atoms with Crippen LogP contribution in [0.5, 0.6) is 0 Å². The quantitative estimate of drug-likeness (QED) is 0.882. The van der Waals surface area contributed by atoms with Crippen molar-refractivity contribution in [3.8, 4) is 0 Å². The number of rotatable bonds is 3. The third-order valence-corrected chi connectivity index (χ3v) is 4.22. The standard InChI is InChI=1S/C12H20N2OS/c1-3-10-5-4-6-14(7-10)12-13-11(8-16-12)9(2)15/h8-10,15H,3-7H2,1-2H3. The van der Waals surface area contributed by atoms with Crippen molar-refractivity contribution in [2.45, 2.75) is 39.2 Å². The fourth-order valence-electron chi connectivity index (χ4n) is 2.19. The molecule has 3 nitrogen and oxygen atoms in total. The summed E-state index contributed by atoms with van der Waals surface area (Å²) in [7, 11) is 0. The van der Waals surface area contributed by atoms with E-state index in [1.165, 1.54) is 19.3 Å². The van der Waals surface area contributed by atoms with Gasteiger partial charge in [0, 0.05) is 18.5 Å². The molecule has 1 fully saturated rings. The molecule has 2 rings (SSSR count). The second-order valence-corrected chi connectivity index (χ2v) is 5.43. The first-order valence-corrected chi connectivity index (χ1v) is 6.97. The molecule has 16 heavy (non-hydrogen) atoms. The first kappa shape index (κ1) is 11.9. The highest BCUT2D eigenvalue weighted by atomic mass is 32.1. The predicted octanol–water partition coefficient (Wildman–Crippen LogP) is 2.82. The van der Waals surface area contributed by atoms with Gasteiger partial charge in [-0.1, -0.05) is 13.3 Å². The molecule has 0 amide bonds. The largest absolute Gasteiger partial charge is 0.387 e. The van der Waals surface area contributed by atoms with E-state index in [0.717, 1.165) is 29.8 Å². The van der Waals surface area contributed by atoms with Crippen molar-refractivity contribution in [3.05, 3.63) is 11.1 Å². The Bertz CT molecular complexity index is 338. The lowest BCUT2D eigenvalue weighted by Gasteiger charge is -2.31. The average Bonchev–Trinajstić information content (AvgIpc) is 2.78. The Morgan fingerprint density at radius 1 is 1.69 bits per heavy atom. The Hall–Kier alpha value is -0.610. The molecule has 1 aromatic rings. The van der Waals surface area contributed by atoms with Crippen LogP contribution >= 0.6 is 11.3 Å². The number of aliphatic hydroxyl groups excluding tert-OH is 1. The summed E-state index contributed by atoms with van der Waals surface area (Å²) in [6.45, 7) is 6.27. The summed E-state index contributed by atoms with van der Waals surface area (Å²) in [6, 6.07) is 0. The van der Waals surface area contributed by atoms with Gasteiger partial charge in [-0.05, 0) is 25.7 Å². The van der Waals surface area contributed by atoms with E-state index in [1.54, 1.807) is 18.3 Å². The summed E-state index contributed by atoms with van der Waals surface area (Å²) in [5.74, 6) is 0.813. The molecular weight excluding hydrogens is 220 g/mol. The Labute approximate surface area is 101 Å². The Morgan fingerprint density at radius 3 is 3.12 bits per heavy atom. The molecule has 2 heterocycles. The van der Waals surface area contributed by atoms with E-state index in [2.05, 4.69) is 16.8 Å². The van der Waals surface area contributed by atoms with Crippen LogP contribution in [0.1, 0.15) is 44.9 Å². The summed E-state index contributed by atoms with van der Waals surface area (Å²) >= 11 is 1.65. The minimum Gasteiger partial charge on any atom is -0.387 e. The van der Waals surface area contributed by atoms with Crippen molar-refractivity contribution < 1.29 is 5.11 Å². The second kappa shape index (κ2) is 5.15. The molecule has 2 atom stereocenters. The van der Waals surface area contributed by atoms with E-state index in [-0.39, 0.29) is 0 Å². The van der Waals surface area contributed by atoms with Crippen LogP contribution in [0.15, 0.2) is 5.38 Å². The fraction of sp³-hybridized carbons (Fsp3) is 0.750. The summed E-state index contributed by atoms with van der Waals surface area (Å²) in [5.41, 5.74) is 0.804. The molecule has 0 radical (unpaired) electrons. The van der Waals surface area contributed by atoms with Crippen molar-refractivity contribution in [3.63, 3.8) is 0 Å². The first-order chi connectivity index (χ1) is 7.70. The van der Waals surface area contributed by atoms with Crippen LogP contribution in [0.2, 0.25) is 0 Å². The molecule has 0 aliphatic carbocycles. The van der Waals surface area contributed by atoms with E-state index < -0.39 is 6.10 Å². The van der Waals surface area contributed by atoms with Gasteiger partial charge in [0.2, 0.25) is 0 Å². The molecule has 2 unspecified atom stereocenters. The zero-order chi connectivity index (χ0) is 11.5. The van der Waals surface area contributed by atoms with Crippen LogP contribution in [-0.2, 0) is 0 Å². The fourth-order valence-corrected chi connectivity index (χ4v) is 3.13. The van der Waals surface area contributed by atoms with Crippen molar-refractivity contribution in [2.24, 2.45) is 5.92 Å². The van der Waals surface area contributed by atoms with Gasteiger partial charge in [-0.2, -0.15) is 0 Å². The summed E-state index contributed by atoms with van der Waals surface area (Å²) in [4.78, 5) is 6.87. The first-order valence-electron chi connectivity index (χ1n) is 6.09. The number of hydrogen-bond donors (Lipinski definition) is 1. The molecular formula is C12H20N2OS. The summed E-state index contributed by atoms with van der Waals surface area (Å²) in [6.07, 6.45) is 3.42. The molecule has 0 aromatic carbocycles. The van der Waals surface area contributed by atoms with Crippen LogP contribution in [0.3, 0.4) is 0 Å². The van der Waals surface area contributed by atoms with Gasteiger partial charge in [0.05, 0.1) is 11.8 Å². The molecule has 1 aliphatic rings. The smallest absolute Gasteiger partial charge is 0.185 e. The monoisotopic (exact) mass is 240 g/mol. The van der Waals surface area contributed by atoms with Crippen LogP contribution in [-0.4, -0.2) is 23.2 Å². The maximum atomic E-state index is 9.46. The normalized spacial score (nSPS) is 23.4. The van der Waals surface area contributed by atoms with E-state index in [1.807, 2.05) is 5.38 Å². The van der Waals surface area contributed by atoms with Crippen LogP contribution < -0.4 is 4.90 Å². The molecule has 0 saturated carbocycles. The molecule has 90 valence electrons. The van der Waals surface area contributed by atoms with Gasteiger partial charge < -0.3 is 10.0 Å². The SMILES string of the molecule is CCC1CCCN(c2nc(C(C)O)cs2)C1.